The lowest BCUT2D eigenvalue weighted by Gasteiger charge is -2.22. The zero-order valence-electron chi connectivity index (χ0n) is 24.5. The smallest absolute Gasteiger partial charge is 0.324 e. The summed E-state index contributed by atoms with van der Waals surface area (Å²) < 4.78 is 10.5. The number of nitrogens with zero attached hydrogens (tertiary/aromatic N) is 1. The van der Waals surface area contributed by atoms with Crippen molar-refractivity contribution in [2.75, 3.05) is 31.4 Å². The van der Waals surface area contributed by atoms with Crippen molar-refractivity contribution in [2.45, 2.75) is 38.6 Å². The molecule has 0 unspecified atom stereocenters. The van der Waals surface area contributed by atoms with Crippen LogP contribution < -0.4 is 30.7 Å². The maximum Gasteiger partial charge on any atom is 0.324 e. The third-order valence-corrected chi connectivity index (χ3v) is 6.43. The molecule has 228 valence electrons. The minimum atomic E-state index is -1.12. The number of hydrogen-bond acceptors (Lipinski definition) is 7. The molecule has 4 amide bonds. The standard InChI is InChI=1S/C31H37N5O7/c1-19(2)15-24(29(38)33-18-23(30(39)40)21-10-13-25(42-3)26(17-21)43-4)35-28(37)16-20-8-11-22(12-9-20)34-31(41)36-27-7-5-6-14-32-27/h5-14,17,19,23-24H,15-16,18H2,1-4H3,(H,33,38)(H,35,37)(H,39,40)(H2,32,34,36,41)/t23-,24+/m1/s1. The van der Waals surface area contributed by atoms with Gasteiger partial charge in [-0.05, 0) is 59.9 Å². The SMILES string of the molecule is COc1ccc([C@@H](CNC(=O)[C@H](CC(C)C)NC(=O)Cc2ccc(NC(=O)Nc3ccccn3)cc2)C(=O)O)cc1OC. The first-order chi connectivity index (χ1) is 20.6. The molecular weight excluding hydrogens is 554 g/mol. The molecule has 1 heterocycles. The monoisotopic (exact) mass is 591 g/mol. The highest BCUT2D eigenvalue weighted by Crippen LogP contribution is 2.30. The van der Waals surface area contributed by atoms with Gasteiger partial charge < -0.3 is 30.5 Å². The molecule has 0 fully saturated rings. The predicted molar refractivity (Wildman–Crippen MR) is 161 cm³/mol. The van der Waals surface area contributed by atoms with Crippen molar-refractivity contribution in [1.29, 1.82) is 0 Å². The number of nitrogens with one attached hydrogen (secondary N) is 4. The Morgan fingerprint density at radius 2 is 1.63 bits per heavy atom. The fourth-order valence-electron chi connectivity index (χ4n) is 4.30. The van der Waals surface area contributed by atoms with Crippen LogP contribution in [0.5, 0.6) is 11.5 Å². The molecule has 0 bridgehead atoms. The van der Waals surface area contributed by atoms with E-state index in [1.165, 1.54) is 14.2 Å². The lowest BCUT2D eigenvalue weighted by molar-refractivity contribution is -0.139. The molecule has 2 atom stereocenters. The van der Waals surface area contributed by atoms with Crippen LogP contribution in [0.1, 0.15) is 37.3 Å². The van der Waals surface area contributed by atoms with Crippen molar-refractivity contribution in [3.63, 3.8) is 0 Å². The van der Waals surface area contributed by atoms with Gasteiger partial charge in [0.15, 0.2) is 11.5 Å². The number of aliphatic carboxylic acids is 1. The number of urea groups is 1. The quantitative estimate of drug-likeness (QED) is 0.189. The molecule has 0 saturated carbocycles. The number of carbonyl (C=O) groups is 4. The van der Waals surface area contributed by atoms with Crippen LogP contribution in [-0.4, -0.2) is 60.7 Å². The molecule has 43 heavy (non-hydrogen) atoms. The van der Waals surface area contributed by atoms with Crippen molar-refractivity contribution in [3.8, 4) is 11.5 Å². The molecule has 0 saturated heterocycles. The molecule has 0 aliphatic rings. The third kappa shape index (κ3) is 10.0. The van der Waals surface area contributed by atoms with Crippen molar-refractivity contribution < 1.29 is 33.8 Å². The molecule has 12 heteroatoms. The van der Waals surface area contributed by atoms with E-state index in [-0.39, 0.29) is 24.8 Å². The summed E-state index contributed by atoms with van der Waals surface area (Å²) in [6.07, 6.45) is 1.93. The first-order valence-corrected chi connectivity index (χ1v) is 13.7. The van der Waals surface area contributed by atoms with Gasteiger partial charge in [0.1, 0.15) is 11.9 Å². The maximum absolute atomic E-state index is 13.1. The number of benzene rings is 2. The number of hydrogen-bond donors (Lipinski definition) is 5. The molecule has 3 rings (SSSR count). The largest absolute Gasteiger partial charge is 0.493 e. The molecule has 5 N–H and O–H groups in total. The Hall–Kier alpha value is -5.13. The Kier molecular flexibility index (Phi) is 11.9. The number of carbonyl (C=O) groups excluding carboxylic acids is 3. The minimum absolute atomic E-state index is 0.00564. The summed E-state index contributed by atoms with van der Waals surface area (Å²) in [5.74, 6) is -1.69. The Morgan fingerprint density at radius 1 is 0.907 bits per heavy atom. The van der Waals surface area contributed by atoms with Crippen molar-refractivity contribution in [2.24, 2.45) is 5.92 Å². The minimum Gasteiger partial charge on any atom is -0.493 e. The number of aromatic nitrogens is 1. The van der Waals surface area contributed by atoms with Crippen molar-refractivity contribution in [1.82, 2.24) is 15.6 Å². The second kappa shape index (κ2) is 15.8. The van der Waals surface area contributed by atoms with E-state index in [0.29, 0.717) is 40.6 Å². The number of carboxylic acid groups (broad SMARTS) is 1. The summed E-state index contributed by atoms with van der Waals surface area (Å²) in [4.78, 5) is 54.2. The normalized spacial score (nSPS) is 12.0. The first-order valence-electron chi connectivity index (χ1n) is 13.7. The van der Waals surface area contributed by atoms with Gasteiger partial charge in [-0.15, -0.1) is 0 Å². The molecule has 3 aromatic rings. The number of ether oxygens (including phenoxy) is 2. The fourth-order valence-corrected chi connectivity index (χ4v) is 4.30. The zero-order chi connectivity index (χ0) is 31.4. The van der Waals surface area contributed by atoms with Gasteiger partial charge in [-0.1, -0.05) is 38.1 Å². The number of methoxy groups -OCH3 is 2. The number of carboxylic acids is 1. The van der Waals surface area contributed by atoms with E-state index in [4.69, 9.17) is 9.47 Å². The topological polar surface area (TPSA) is 168 Å². The number of amides is 4. The summed E-state index contributed by atoms with van der Waals surface area (Å²) in [5.41, 5.74) is 1.63. The van der Waals surface area contributed by atoms with Gasteiger partial charge in [0.25, 0.3) is 0 Å². The van der Waals surface area contributed by atoms with Gasteiger partial charge in [-0.25, -0.2) is 9.78 Å². The van der Waals surface area contributed by atoms with Crippen LogP contribution >= 0.6 is 0 Å². The van der Waals surface area contributed by atoms with E-state index < -0.39 is 29.9 Å². The van der Waals surface area contributed by atoms with Gasteiger partial charge in [-0.3, -0.25) is 19.7 Å². The zero-order valence-corrected chi connectivity index (χ0v) is 24.5. The van der Waals surface area contributed by atoms with Crippen LogP contribution in [0.2, 0.25) is 0 Å². The van der Waals surface area contributed by atoms with Gasteiger partial charge >= 0.3 is 12.0 Å². The summed E-state index contributed by atoms with van der Waals surface area (Å²) >= 11 is 0. The fraction of sp³-hybridized carbons (Fsp3) is 0.323. The van der Waals surface area contributed by atoms with Gasteiger partial charge in [0, 0.05) is 18.4 Å². The molecule has 12 nitrogen and oxygen atoms in total. The van der Waals surface area contributed by atoms with E-state index >= 15 is 0 Å². The van der Waals surface area contributed by atoms with Gasteiger partial charge in [0.2, 0.25) is 11.8 Å². The van der Waals surface area contributed by atoms with Crippen LogP contribution in [-0.2, 0) is 20.8 Å². The Balaban J connectivity index is 1.58. The highest BCUT2D eigenvalue weighted by atomic mass is 16.5. The summed E-state index contributed by atoms with van der Waals surface area (Å²) in [5, 5.41) is 20.6. The number of pyridine rings is 1. The van der Waals surface area contributed by atoms with Crippen LogP contribution in [0, 0.1) is 5.92 Å². The third-order valence-electron chi connectivity index (χ3n) is 6.43. The molecule has 0 aliphatic heterocycles. The lowest BCUT2D eigenvalue weighted by atomic mass is 9.97. The Morgan fingerprint density at radius 3 is 2.23 bits per heavy atom. The second-order valence-corrected chi connectivity index (χ2v) is 10.2. The molecule has 2 aromatic carbocycles. The lowest BCUT2D eigenvalue weighted by Crippen LogP contribution is -2.49. The van der Waals surface area contributed by atoms with E-state index in [2.05, 4.69) is 26.3 Å². The molecule has 0 spiro atoms. The highest BCUT2D eigenvalue weighted by molar-refractivity contribution is 5.99. The van der Waals surface area contributed by atoms with Crippen LogP contribution in [0.4, 0.5) is 16.3 Å². The predicted octanol–water partition coefficient (Wildman–Crippen LogP) is 3.80. The molecule has 0 aliphatic carbocycles. The van der Waals surface area contributed by atoms with E-state index in [1.807, 2.05) is 13.8 Å². The maximum atomic E-state index is 13.1. The van der Waals surface area contributed by atoms with Crippen LogP contribution in [0.3, 0.4) is 0 Å². The molecular formula is C31H37N5O7. The van der Waals surface area contributed by atoms with E-state index in [9.17, 15) is 24.3 Å². The highest BCUT2D eigenvalue weighted by Gasteiger charge is 2.26. The first kappa shape index (κ1) is 32.4. The van der Waals surface area contributed by atoms with Crippen molar-refractivity contribution >= 4 is 35.3 Å². The van der Waals surface area contributed by atoms with Crippen LogP contribution in [0.25, 0.3) is 0 Å². The average molecular weight is 592 g/mol. The van der Waals surface area contributed by atoms with Crippen molar-refractivity contribution in [3.05, 3.63) is 78.0 Å². The Bertz CT molecular complexity index is 1400. The summed E-state index contributed by atoms with van der Waals surface area (Å²) in [6.45, 7) is 3.66. The molecule has 1 aromatic heterocycles. The summed E-state index contributed by atoms with van der Waals surface area (Å²) in [7, 11) is 2.93. The van der Waals surface area contributed by atoms with E-state index in [0.717, 1.165) is 0 Å². The number of rotatable bonds is 14. The number of anilines is 2. The second-order valence-electron chi connectivity index (χ2n) is 10.2. The summed E-state index contributed by atoms with van der Waals surface area (Å²) in [6, 6.07) is 15.4. The Labute approximate surface area is 250 Å². The van der Waals surface area contributed by atoms with E-state index in [1.54, 1.807) is 66.9 Å². The van der Waals surface area contributed by atoms with Crippen LogP contribution in [0.15, 0.2) is 66.9 Å². The molecule has 0 radical (unpaired) electrons. The van der Waals surface area contributed by atoms with Gasteiger partial charge in [0.05, 0.1) is 26.6 Å². The van der Waals surface area contributed by atoms with Gasteiger partial charge in [-0.2, -0.15) is 0 Å². The average Bonchev–Trinajstić information content (AvgIpc) is 2.97.